The molecule has 0 bridgehead atoms. The summed E-state index contributed by atoms with van der Waals surface area (Å²) in [5, 5.41) is 8.97. The van der Waals surface area contributed by atoms with E-state index in [-0.39, 0.29) is 0 Å². The van der Waals surface area contributed by atoms with Gasteiger partial charge in [0.15, 0.2) is 0 Å². The van der Waals surface area contributed by atoms with Gasteiger partial charge in [-0.05, 0) is 12.8 Å². The summed E-state index contributed by atoms with van der Waals surface area (Å²) >= 11 is 0. The molecule has 0 aromatic rings. The number of carbonyl (C=O) groups excluding carboxylic acids is 1. The van der Waals surface area contributed by atoms with Gasteiger partial charge in [-0.3, -0.25) is 4.79 Å². The molecule has 1 N–H and O–H groups in total. The van der Waals surface area contributed by atoms with Gasteiger partial charge in [0.2, 0.25) is 0 Å². The molecule has 1 aliphatic carbocycles. The maximum Gasteiger partial charge on any atom is 0.316 e. The van der Waals surface area contributed by atoms with Crippen molar-refractivity contribution in [2.75, 3.05) is 0 Å². The molecule has 0 aliphatic heterocycles. The summed E-state index contributed by atoms with van der Waals surface area (Å²) in [5.41, 5.74) is -1.07. The predicted octanol–water partition coefficient (Wildman–Crippen LogP) is 2.00. The zero-order valence-corrected chi connectivity index (χ0v) is 7.79. The average Bonchev–Trinajstić information content (AvgIpc) is 2.04. The zero-order valence-electron chi connectivity index (χ0n) is 7.79. The maximum absolute atomic E-state index is 10.9. The molecule has 13 heavy (non-hydrogen) atoms. The monoisotopic (exact) mass is 184 g/mol. The van der Waals surface area contributed by atoms with Crippen LogP contribution in [0.5, 0.6) is 0 Å². The molecule has 1 rings (SSSR count). The summed E-state index contributed by atoms with van der Waals surface area (Å²) in [6.45, 7) is 0. The van der Waals surface area contributed by atoms with E-state index in [0.29, 0.717) is 19.1 Å². The van der Waals surface area contributed by atoms with Gasteiger partial charge >= 0.3 is 5.97 Å². The Morgan fingerprint density at radius 3 is 1.92 bits per heavy atom. The topological polar surface area (TPSA) is 54.4 Å². The molecule has 1 saturated carbocycles. The smallest absolute Gasteiger partial charge is 0.316 e. The highest BCUT2D eigenvalue weighted by atomic mass is 16.4. The highest BCUT2D eigenvalue weighted by molar-refractivity contribution is 5.91. The minimum absolute atomic E-state index is 0.520. The molecule has 74 valence electrons. The number of carbonyl (C=O) groups is 2. The minimum Gasteiger partial charge on any atom is -0.481 e. The predicted molar refractivity (Wildman–Crippen MR) is 48.5 cm³/mol. The Balaban J connectivity index is 2.69. The lowest BCUT2D eigenvalue weighted by Gasteiger charge is -2.24. The number of aldehydes is 1. The number of aliphatic carboxylic acids is 1. The molecule has 0 unspecified atom stereocenters. The molecule has 0 radical (unpaired) electrons. The van der Waals surface area contributed by atoms with Gasteiger partial charge in [0, 0.05) is 0 Å². The van der Waals surface area contributed by atoms with Crippen LogP contribution in [0.15, 0.2) is 0 Å². The normalized spacial score (nSPS) is 22.8. The standard InChI is InChI=1S/C10H16O3/c11-8-10(9(12)13)6-4-2-1-3-5-7-10/h8H,1-7H2,(H,12,13). The van der Waals surface area contributed by atoms with Crippen LogP contribution in [-0.2, 0) is 9.59 Å². The third kappa shape index (κ3) is 2.29. The fraction of sp³-hybridized carbons (Fsp3) is 0.800. The molecule has 0 aromatic heterocycles. The minimum atomic E-state index is -1.07. The lowest BCUT2D eigenvalue weighted by Crippen LogP contribution is -2.33. The van der Waals surface area contributed by atoms with Crippen LogP contribution >= 0.6 is 0 Å². The SMILES string of the molecule is O=CC1(C(=O)O)CCCCCCC1. The largest absolute Gasteiger partial charge is 0.481 e. The first-order valence-corrected chi connectivity index (χ1v) is 4.91. The third-order valence-corrected chi connectivity index (χ3v) is 2.90. The Hall–Kier alpha value is -0.860. The van der Waals surface area contributed by atoms with Crippen molar-refractivity contribution >= 4 is 12.3 Å². The van der Waals surface area contributed by atoms with Gasteiger partial charge in [0.1, 0.15) is 11.7 Å². The highest BCUT2D eigenvalue weighted by Gasteiger charge is 2.37. The van der Waals surface area contributed by atoms with Gasteiger partial charge in [0.05, 0.1) is 0 Å². The molecular formula is C10H16O3. The molecule has 1 fully saturated rings. The Kier molecular flexibility index (Phi) is 3.46. The second-order valence-corrected chi connectivity index (χ2v) is 3.85. The van der Waals surface area contributed by atoms with Crippen molar-refractivity contribution in [3.05, 3.63) is 0 Å². The summed E-state index contributed by atoms with van der Waals surface area (Å²) in [6, 6.07) is 0. The van der Waals surface area contributed by atoms with E-state index in [2.05, 4.69) is 0 Å². The summed E-state index contributed by atoms with van der Waals surface area (Å²) in [6.07, 6.45) is 6.70. The van der Waals surface area contributed by atoms with Crippen LogP contribution in [0.1, 0.15) is 44.9 Å². The Labute approximate surface area is 78.1 Å². The van der Waals surface area contributed by atoms with Crippen molar-refractivity contribution in [2.24, 2.45) is 5.41 Å². The molecule has 0 spiro atoms. The quantitative estimate of drug-likeness (QED) is 0.527. The number of rotatable bonds is 2. The molecule has 0 heterocycles. The molecule has 0 amide bonds. The van der Waals surface area contributed by atoms with Gasteiger partial charge in [0.25, 0.3) is 0 Å². The molecule has 3 nitrogen and oxygen atoms in total. The van der Waals surface area contributed by atoms with Crippen LogP contribution in [0.3, 0.4) is 0 Å². The Bertz CT molecular complexity index is 190. The first-order valence-electron chi connectivity index (χ1n) is 4.91. The number of hydrogen-bond donors (Lipinski definition) is 1. The second-order valence-electron chi connectivity index (χ2n) is 3.85. The number of carboxylic acid groups (broad SMARTS) is 1. The Morgan fingerprint density at radius 2 is 1.54 bits per heavy atom. The van der Waals surface area contributed by atoms with Crippen LogP contribution in [-0.4, -0.2) is 17.4 Å². The van der Waals surface area contributed by atoms with E-state index in [9.17, 15) is 9.59 Å². The van der Waals surface area contributed by atoms with Crippen molar-refractivity contribution < 1.29 is 14.7 Å². The molecule has 0 saturated heterocycles. The van der Waals surface area contributed by atoms with Crippen LogP contribution in [0.2, 0.25) is 0 Å². The van der Waals surface area contributed by atoms with E-state index in [1.807, 2.05) is 0 Å². The summed E-state index contributed by atoms with van der Waals surface area (Å²) in [5.74, 6) is -0.940. The lowest BCUT2D eigenvalue weighted by molar-refractivity contribution is -0.152. The number of carboxylic acids is 1. The van der Waals surface area contributed by atoms with Gasteiger partial charge in [-0.25, -0.2) is 0 Å². The van der Waals surface area contributed by atoms with Crippen molar-refractivity contribution in [3.63, 3.8) is 0 Å². The van der Waals surface area contributed by atoms with Crippen LogP contribution in [0.4, 0.5) is 0 Å². The average molecular weight is 184 g/mol. The zero-order chi connectivity index (χ0) is 9.73. The first kappa shape index (κ1) is 10.2. The van der Waals surface area contributed by atoms with Crippen LogP contribution in [0, 0.1) is 5.41 Å². The van der Waals surface area contributed by atoms with Gasteiger partial charge in [-0.15, -0.1) is 0 Å². The van der Waals surface area contributed by atoms with Crippen molar-refractivity contribution in [1.82, 2.24) is 0 Å². The number of hydrogen-bond acceptors (Lipinski definition) is 2. The van der Waals surface area contributed by atoms with Gasteiger partial charge in [-0.1, -0.05) is 32.1 Å². The summed E-state index contributed by atoms with van der Waals surface area (Å²) in [4.78, 5) is 21.7. The van der Waals surface area contributed by atoms with Crippen molar-refractivity contribution in [2.45, 2.75) is 44.9 Å². The fourth-order valence-corrected chi connectivity index (χ4v) is 1.92. The molecule has 0 aromatic carbocycles. The van der Waals surface area contributed by atoms with E-state index in [0.717, 1.165) is 25.7 Å². The van der Waals surface area contributed by atoms with Crippen molar-refractivity contribution in [1.29, 1.82) is 0 Å². The summed E-state index contributed by atoms with van der Waals surface area (Å²) in [7, 11) is 0. The molecule has 0 atom stereocenters. The van der Waals surface area contributed by atoms with Crippen LogP contribution < -0.4 is 0 Å². The Morgan fingerprint density at radius 1 is 1.08 bits per heavy atom. The van der Waals surface area contributed by atoms with E-state index in [4.69, 9.17) is 5.11 Å². The van der Waals surface area contributed by atoms with E-state index in [1.54, 1.807) is 0 Å². The summed E-state index contributed by atoms with van der Waals surface area (Å²) < 4.78 is 0. The first-order chi connectivity index (χ1) is 6.21. The second kappa shape index (κ2) is 4.40. The fourth-order valence-electron chi connectivity index (χ4n) is 1.92. The van der Waals surface area contributed by atoms with Gasteiger partial charge in [-0.2, -0.15) is 0 Å². The molecule has 3 heteroatoms. The van der Waals surface area contributed by atoms with E-state index < -0.39 is 11.4 Å². The molecular weight excluding hydrogens is 168 g/mol. The van der Waals surface area contributed by atoms with E-state index in [1.165, 1.54) is 6.42 Å². The third-order valence-electron chi connectivity index (χ3n) is 2.90. The highest BCUT2D eigenvalue weighted by Crippen LogP contribution is 2.32. The van der Waals surface area contributed by atoms with E-state index >= 15 is 0 Å². The van der Waals surface area contributed by atoms with Crippen LogP contribution in [0.25, 0.3) is 0 Å². The maximum atomic E-state index is 10.9. The van der Waals surface area contributed by atoms with Gasteiger partial charge < -0.3 is 9.90 Å². The molecule has 1 aliphatic rings. The van der Waals surface area contributed by atoms with Crippen molar-refractivity contribution in [3.8, 4) is 0 Å². The lowest BCUT2D eigenvalue weighted by atomic mass is 9.77.